The van der Waals surface area contributed by atoms with Crippen molar-refractivity contribution >= 4 is 21.5 Å². The SMILES string of the molecule is Oc1ccc(F)c2ccc(Oc3cc(F)c4cccc(O)c4c3)cc12. The van der Waals surface area contributed by atoms with Crippen LogP contribution in [0.25, 0.3) is 21.5 Å². The number of ether oxygens (including phenoxy) is 1. The molecule has 0 aliphatic heterocycles. The van der Waals surface area contributed by atoms with Crippen molar-refractivity contribution in [2.45, 2.75) is 0 Å². The minimum Gasteiger partial charge on any atom is -0.507 e. The van der Waals surface area contributed by atoms with Crippen molar-refractivity contribution in [3.05, 3.63) is 72.3 Å². The maximum absolute atomic E-state index is 14.2. The van der Waals surface area contributed by atoms with E-state index in [0.29, 0.717) is 16.5 Å². The standard InChI is InChI=1S/C20H12F2O3/c21-17-6-7-20(24)15-8-11(4-5-14(15)17)25-12-9-16-13(18(22)10-12)2-1-3-19(16)23/h1-10,23-24H. The third kappa shape index (κ3) is 2.59. The first-order valence-corrected chi connectivity index (χ1v) is 7.53. The zero-order valence-electron chi connectivity index (χ0n) is 12.8. The minimum atomic E-state index is -0.530. The van der Waals surface area contributed by atoms with Gasteiger partial charge in [-0.1, -0.05) is 12.1 Å². The van der Waals surface area contributed by atoms with Gasteiger partial charge in [-0.2, -0.15) is 0 Å². The molecule has 0 unspecified atom stereocenters. The Morgan fingerprint density at radius 1 is 0.600 bits per heavy atom. The van der Waals surface area contributed by atoms with E-state index < -0.39 is 11.6 Å². The Labute approximate surface area is 141 Å². The highest BCUT2D eigenvalue weighted by molar-refractivity contribution is 5.91. The summed E-state index contributed by atoms with van der Waals surface area (Å²) in [7, 11) is 0. The number of hydrogen-bond donors (Lipinski definition) is 2. The van der Waals surface area contributed by atoms with E-state index in [4.69, 9.17) is 4.74 Å². The Kier molecular flexibility index (Phi) is 3.42. The predicted octanol–water partition coefficient (Wildman–Crippen LogP) is 5.47. The number of benzene rings is 4. The smallest absolute Gasteiger partial charge is 0.134 e. The maximum atomic E-state index is 14.2. The molecule has 5 heteroatoms. The van der Waals surface area contributed by atoms with Crippen molar-refractivity contribution in [3.8, 4) is 23.0 Å². The van der Waals surface area contributed by atoms with E-state index in [9.17, 15) is 19.0 Å². The van der Waals surface area contributed by atoms with Crippen LogP contribution in [0.1, 0.15) is 0 Å². The zero-order chi connectivity index (χ0) is 17.6. The van der Waals surface area contributed by atoms with Crippen molar-refractivity contribution in [2.24, 2.45) is 0 Å². The molecule has 0 radical (unpaired) electrons. The summed E-state index contributed by atoms with van der Waals surface area (Å²) in [4.78, 5) is 0. The van der Waals surface area contributed by atoms with Crippen molar-refractivity contribution < 1.29 is 23.7 Å². The molecule has 0 spiro atoms. The number of phenols is 2. The van der Waals surface area contributed by atoms with Gasteiger partial charge in [0.25, 0.3) is 0 Å². The molecule has 0 heterocycles. The summed E-state index contributed by atoms with van der Waals surface area (Å²) in [5.41, 5.74) is 0. The number of aromatic hydroxyl groups is 2. The van der Waals surface area contributed by atoms with Gasteiger partial charge in [-0.25, -0.2) is 8.78 Å². The van der Waals surface area contributed by atoms with Crippen LogP contribution >= 0.6 is 0 Å². The van der Waals surface area contributed by atoms with E-state index in [0.717, 1.165) is 0 Å². The van der Waals surface area contributed by atoms with E-state index in [1.54, 1.807) is 12.1 Å². The summed E-state index contributed by atoms with van der Waals surface area (Å²) in [5, 5.41) is 21.0. The highest BCUT2D eigenvalue weighted by Gasteiger charge is 2.11. The molecule has 0 amide bonds. The molecule has 0 bridgehead atoms. The lowest BCUT2D eigenvalue weighted by molar-refractivity contribution is 0.470. The molecule has 25 heavy (non-hydrogen) atoms. The number of halogens is 2. The molecule has 0 fully saturated rings. The number of fused-ring (bicyclic) bond motifs is 2. The van der Waals surface area contributed by atoms with Gasteiger partial charge in [0, 0.05) is 27.6 Å². The Morgan fingerprint density at radius 3 is 2.08 bits per heavy atom. The van der Waals surface area contributed by atoms with Crippen LogP contribution in [0.4, 0.5) is 8.78 Å². The summed E-state index contributed by atoms with van der Waals surface area (Å²) in [6.45, 7) is 0. The van der Waals surface area contributed by atoms with Gasteiger partial charge in [-0.3, -0.25) is 0 Å². The largest absolute Gasteiger partial charge is 0.507 e. The molecular weight excluding hydrogens is 326 g/mol. The van der Waals surface area contributed by atoms with Crippen LogP contribution in [0.5, 0.6) is 23.0 Å². The minimum absolute atomic E-state index is 0.0555. The van der Waals surface area contributed by atoms with Gasteiger partial charge in [0.2, 0.25) is 0 Å². The summed E-state index contributed by atoms with van der Waals surface area (Å²) in [6.07, 6.45) is 0. The summed E-state index contributed by atoms with van der Waals surface area (Å²) in [6, 6.07) is 14.2. The zero-order valence-corrected chi connectivity index (χ0v) is 12.8. The van der Waals surface area contributed by atoms with Crippen molar-refractivity contribution in [1.82, 2.24) is 0 Å². The summed E-state index contributed by atoms with van der Waals surface area (Å²) in [5.74, 6) is -0.632. The van der Waals surface area contributed by atoms with Crippen molar-refractivity contribution in [3.63, 3.8) is 0 Å². The van der Waals surface area contributed by atoms with Gasteiger partial charge < -0.3 is 14.9 Å². The van der Waals surface area contributed by atoms with Crippen LogP contribution in [0.2, 0.25) is 0 Å². The van der Waals surface area contributed by atoms with Gasteiger partial charge in [-0.15, -0.1) is 0 Å². The van der Waals surface area contributed by atoms with E-state index in [1.807, 2.05) is 0 Å². The van der Waals surface area contributed by atoms with Gasteiger partial charge in [0.15, 0.2) is 0 Å². The predicted molar refractivity (Wildman–Crippen MR) is 91.2 cm³/mol. The lowest BCUT2D eigenvalue weighted by atomic mass is 10.1. The second-order valence-electron chi connectivity index (χ2n) is 5.65. The van der Waals surface area contributed by atoms with Crippen LogP contribution in [0, 0.1) is 11.6 Å². The van der Waals surface area contributed by atoms with Crippen LogP contribution in [0.15, 0.2) is 60.7 Å². The molecule has 0 aromatic heterocycles. The summed E-state index contributed by atoms with van der Waals surface area (Å²) >= 11 is 0. The molecule has 4 aromatic carbocycles. The molecule has 0 aliphatic rings. The monoisotopic (exact) mass is 338 g/mol. The molecule has 4 aromatic rings. The first kappa shape index (κ1) is 15.2. The molecular formula is C20H12F2O3. The van der Waals surface area contributed by atoms with E-state index in [-0.39, 0.29) is 28.0 Å². The molecule has 0 saturated heterocycles. The normalized spacial score (nSPS) is 11.1. The average Bonchev–Trinajstić information content (AvgIpc) is 2.59. The van der Waals surface area contributed by atoms with Crippen LogP contribution in [-0.4, -0.2) is 10.2 Å². The van der Waals surface area contributed by atoms with Crippen LogP contribution < -0.4 is 4.74 Å². The third-order valence-electron chi connectivity index (χ3n) is 4.04. The van der Waals surface area contributed by atoms with Gasteiger partial charge in [-0.05, 0) is 42.5 Å². The fourth-order valence-corrected chi connectivity index (χ4v) is 2.83. The fourth-order valence-electron chi connectivity index (χ4n) is 2.83. The average molecular weight is 338 g/mol. The van der Waals surface area contributed by atoms with Crippen molar-refractivity contribution in [2.75, 3.05) is 0 Å². The Bertz CT molecular complexity index is 1120. The highest BCUT2D eigenvalue weighted by atomic mass is 19.1. The maximum Gasteiger partial charge on any atom is 0.134 e. The van der Waals surface area contributed by atoms with Crippen LogP contribution in [-0.2, 0) is 0 Å². The van der Waals surface area contributed by atoms with E-state index in [1.165, 1.54) is 48.5 Å². The Balaban J connectivity index is 1.80. The topological polar surface area (TPSA) is 49.7 Å². The number of rotatable bonds is 2. The first-order valence-electron chi connectivity index (χ1n) is 7.53. The van der Waals surface area contributed by atoms with Gasteiger partial charge >= 0.3 is 0 Å². The third-order valence-corrected chi connectivity index (χ3v) is 4.04. The molecule has 3 nitrogen and oxygen atoms in total. The summed E-state index contributed by atoms with van der Waals surface area (Å²) < 4.78 is 33.6. The molecule has 124 valence electrons. The van der Waals surface area contributed by atoms with E-state index >= 15 is 0 Å². The van der Waals surface area contributed by atoms with Gasteiger partial charge in [0.1, 0.15) is 34.6 Å². The molecule has 0 atom stereocenters. The first-order chi connectivity index (χ1) is 12.0. The highest BCUT2D eigenvalue weighted by Crippen LogP contribution is 2.35. The molecule has 2 N–H and O–H groups in total. The fraction of sp³-hybridized carbons (Fsp3) is 0. The quantitative estimate of drug-likeness (QED) is 0.509. The Hall–Kier alpha value is -3.34. The Morgan fingerprint density at radius 2 is 1.28 bits per heavy atom. The van der Waals surface area contributed by atoms with Gasteiger partial charge in [0.05, 0.1) is 0 Å². The van der Waals surface area contributed by atoms with Crippen LogP contribution in [0.3, 0.4) is 0 Å². The lowest BCUT2D eigenvalue weighted by Crippen LogP contribution is -1.89. The number of hydrogen-bond acceptors (Lipinski definition) is 3. The lowest BCUT2D eigenvalue weighted by Gasteiger charge is -2.10. The molecule has 4 rings (SSSR count). The molecule has 0 aliphatic carbocycles. The second kappa shape index (κ2) is 5.63. The van der Waals surface area contributed by atoms with E-state index in [2.05, 4.69) is 0 Å². The van der Waals surface area contributed by atoms with Crippen molar-refractivity contribution in [1.29, 1.82) is 0 Å². The molecule has 0 saturated carbocycles. The number of phenolic OH excluding ortho intramolecular Hbond substituents is 2. The second-order valence-corrected chi connectivity index (χ2v) is 5.65.